The van der Waals surface area contributed by atoms with E-state index >= 15 is 0 Å². The highest BCUT2D eigenvalue weighted by Crippen LogP contribution is 2.10. The van der Waals surface area contributed by atoms with Crippen molar-refractivity contribution in [2.45, 2.75) is 32.7 Å². The van der Waals surface area contributed by atoms with Crippen molar-refractivity contribution in [3.05, 3.63) is 29.8 Å². The van der Waals surface area contributed by atoms with Gasteiger partial charge in [-0.25, -0.2) is 4.99 Å². The van der Waals surface area contributed by atoms with E-state index in [1.807, 2.05) is 12.1 Å². The number of phenols is 1. The molecular formula is C17H29IN4O. The highest BCUT2D eigenvalue weighted by molar-refractivity contribution is 14.0. The quantitative estimate of drug-likeness (QED) is 0.368. The summed E-state index contributed by atoms with van der Waals surface area (Å²) in [6, 6.07) is 7.19. The van der Waals surface area contributed by atoms with Crippen molar-refractivity contribution < 1.29 is 5.11 Å². The number of hydrogen-bond acceptors (Lipinski definition) is 3. The largest absolute Gasteiger partial charge is 0.508 e. The van der Waals surface area contributed by atoms with Gasteiger partial charge in [0.2, 0.25) is 0 Å². The fourth-order valence-electron chi connectivity index (χ4n) is 2.63. The Bertz CT molecular complexity index is 458. The number of piperidine rings is 1. The van der Waals surface area contributed by atoms with E-state index in [9.17, 15) is 5.11 Å². The highest BCUT2D eigenvalue weighted by Gasteiger charge is 2.09. The van der Waals surface area contributed by atoms with E-state index in [2.05, 4.69) is 27.4 Å². The fraction of sp³-hybridized carbons (Fsp3) is 0.588. The summed E-state index contributed by atoms with van der Waals surface area (Å²) in [5.41, 5.74) is 1.09. The molecule has 2 rings (SSSR count). The van der Waals surface area contributed by atoms with Gasteiger partial charge in [0, 0.05) is 19.6 Å². The summed E-state index contributed by atoms with van der Waals surface area (Å²) in [5, 5.41) is 16.0. The third-order valence-electron chi connectivity index (χ3n) is 3.87. The van der Waals surface area contributed by atoms with Gasteiger partial charge in [0.1, 0.15) is 5.75 Å². The Morgan fingerprint density at radius 2 is 1.83 bits per heavy atom. The molecule has 5 nitrogen and oxygen atoms in total. The lowest BCUT2D eigenvalue weighted by atomic mass is 10.1. The molecule has 0 radical (unpaired) electrons. The lowest BCUT2D eigenvalue weighted by Crippen LogP contribution is -2.42. The van der Waals surface area contributed by atoms with Crippen LogP contribution in [-0.2, 0) is 6.54 Å². The maximum atomic E-state index is 9.29. The number of hydrogen-bond donors (Lipinski definition) is 3. The van der Waals surface area contributed by atoms with Crippen molar-refractivity contribution in [3.8, 4) is 5.75 Å². The van der Waals surface area contributed by atoms with Crippen molar-refractivity contribution in [2.24, 2.45) is 4.99 Å². The van der Waals surface area contributed by atoms with Crippen molar-refractivity contribution in [3.63, 3.8) is 0 Å². The van der Waals surface area contributed by atoms with Crippen LogP contribution in [0.15, 0.2) is 29.3 Å². The molecule has 0 saturated carbocycles. The summed E-state index contributed by atoms with van der Waals surface area (Å²) in [7, 11) is 0. The number of rotatable bonds is 6. The molecule has 3 N–H and O–H groups in total. The number of guanidine groups is 1. The monoisotopic (exact) mass is 432 g/mol. The van der Waals surface area contributed by atoms with Crippen LogP contribution < -0.4 is 10.6 Å². The van der Waals surface area contributed by atoms with E-state index in [1.165, 1.54) is 32.4 Å². The Kier molecular flexibility index (Phi) is 10.0. The number of benzene rings is 1. The average Bonchev–Trinajstić information content (AvgIpc) is 2.55. The minimum absolute atomic E-state index is 0. The smallest absolute Gasteiger partial charge is 0.191 e. The lowest BCUT2D eigenvalue weighted by molar-refractivity contribution is 0.232. The van der Waals surface area contributed by atoms with Crippen molar-refractivity contribution in [2.75, 3.05) is 32.7 Å². The molecule has 130 valence electrons. The third-order valence-corrected chi connectivity index (χ3v) is 3.87. The van der Waals surface area contributed by atoms with Crippen LogP contribution in [-0.4, -0.2) is 48.7 Å². The fourth-order valence-corrected chi connectivity index (χ4v) is 2.63. The van der Waals surface area contributed by atoms with Gasteiger partial charge in [-0.3, -0.25) is 0 Å². The number of aliphatic imine (C=N–C) groups is 1. The zero-order chi connectivity index (χ0) is 15.6. The molecule has 1 saturated heterocycles. The summed E-state index contributed by atoms with van der Waals surface area (Å²) < 4.78 is 0. The van der Waals surface area contributed by atoms with Crippen molar-refractivity contribution >= 4 is 29.9 Å². The number of likely N-dealkylation sites (tertiary alicyclic amines) is 1. The minimum Gasteiger partial charge on any atom is -0.508 e. The van der Waals surface area contributed by atoms with E-state index in [4.69, 9.17) is 0 Å². The number of nitrogens with one attached hydrogen (secondary N) is 2. The molecule has 0 aliphatic carbocycles. The molecule has 0 atom stereocenters. The van der Waals surface area contributed by atoms with Gasteiger partial charge in [0.15, 0.2) is 5.96 Å². The maximum absolute atomic E-state index is 9.29. The first-order chi connectivity index (χ1) is 10.8. The van der Waals surface area contributed by atoms with Crippen LogP contribution >= 0.6 is 24.0 Å². The van der Waals surface area contributed by atoms with E-state index < -0.39 is 0 Å². The molecule has 23 heavy (non-hydrogen) atoms. The van der Waals surface area contributed by atoms with Crippen LogP contribution in [0.3, 0.4) is 0 Å². The maximum Gasteiger partial charge on any atom is 0.191 e. The molecule has 0 amide bonds. The molecule has 0 bridgehead atoms. The van der Waals surface area contributed by atoms with Crippen LogP contribution in [0.25, 0.3) is 0 Å². The van der Waals surface area contributed by atoms with Crippen LogP contribution in [0.1, 0.15) is 31.7 Å². The van der Waals surface area contributed by atoms with Gasteiger partial charge in [0.05, 0.1) is 6.54 Å². The molecule has 0 aromatic heterocycles. The second kappa shape index (κ2) is 11.5. The molecular weight excluding hydrogens is 403 g/mol. The summed E-state index contributed by atoms with van der Waals surface area (Å²) in [6.07, 6.45) is 4.03. The highest BCUT2D eigenvalue weighted by atomic mass is 127. The Balaban J connectivity index is 0.00000264. The van der Waals surface area contributed by atoms with Gasteiger partial charge in [-0.2, -0.15) is 0 Å². The van der Waals surface area contributed by atoms with E-state index in [1.54, 1.807) is 12.1 Å². The predicted molar refractivity (Wildman–Crippen MR) is 107 cm³/mol. The normalized spacial score (nSPS) is 15.8. The van der Waals surface area contributed by atoms with Gasteiger partial charge in [0.25, 0.3) is 0 Å². The van der Waals surface area contributed by atoms with Gasteiger partial charge in [-0.15, -0.1) is 24.0 Å². The molecule has 0 spiro atoms. The zero-order valence-corrected chi connectivity index (χ0v) is 16.3. The molecule has 1 heterocycles. The molecule has 1 aromatic rings. The van der Waals surface area contributed by atoms with Gasteiger partial charge >= 0.3 is 0 Å². The Labute approximate surface area is 156 Å². The topological polar surface area (TPSA) is 59.9 Å². The second-order valence-corrected chi connectivity index (χ2v) is 5.69. The van der Waals surface area contributed by atoms with Crippen LogP contribution in [0, 0.1) is 0 Å². The molecule has 1 aliphatic heterocycles. The number of nitrogens with zero attached hydrogens (tertiary/aromatic N) is 2. The number of phenolic OH excluding ortho intramolecular Hbond substituents is 1. The molecule has 6 heteroatoms. The molecule has 1 fully saturated rings. The first kappa shape index (κ1) is 20.0. The van der Waals surface area contributed by atoms with E-state index in [-0.39, 0.29) is 24.0 Å². The molecule has 1 aliphatic rings. The second-order valence-electron chi connectivity index (χ2n) is 5.69. The van der Waals surface area contributed by atoms with Crippen LogP contribution in [0.5, 0.6) is 5.75 Å². The summed E-state index contributed by atoms with van der Waals surface area (Å²) in [5.74, 6) is 1.15. The van der Waals surface area contributed by atoms with Crippen LogP contribution in [0.4, 0.5) is 0 Å². The Morgan fingerprint density at radius 3 is 2.48 bits per heavy atom. The average molecular weight is 432 g/mol. The molecule has 1 aromatic carbocycles. The first-order valence-electron chi connectivity index (χ1n) is 8.30. The SMILES string of the molecule is CCNC(=NCc1ccc(O)cc1)NCCN1CCCCC1.I. The zero-order valence-electron chi connectivity index (χ0n) is 13.9. The minimum atomic E-state index is 0. The molecule has 0 unspecified atom stereocenters. The lowest BCUT2D eigenvalue weighted by Gasteiger charge is -2.26. The standard InChI is InChI=1S/C17H28N4O.HI/c1-2-18-17(19-10-13-21-11-4-3-5-12-21)20-14-15-6-8-16(22)9-7-15;/h6-9,22H,2-5,10-14H2,1H3,(H2,18,19,20);1H. The third kappa shape index (κ3) is 7.87. The number of aromatic hydroxyl groups is 1. The summed E-state index contributed by atoms with van der Waals surface area (Å²) >= 11 is 0. The Morgan fingerprint density at radius 1 is 1.13 bits per heavy atom. The van der Waals surface area contributed by atoms with Gasteiger partial charge in [-0.1, -0.05) is 18.6 Å². The van der Waals surface area contributed by atoms with Crippen LogP contribution in [0.2, 0.25) is 0 Å². The first-order valence-corrected chi connectivity index (χ1v) is 8.30. The van der Waals surface area contributed by atoms with Gasteiger partial charge < -0.3 is 20.6 Å². The number of halogens is 1. The summed E-state index contributed by atoms with van der Waals surface area (Å²) in [6.45, 7) is 7.98. The van der Waals surface area contributed by atoms with E-state index in [0.717, 1.165) is 31.2 Å². The van der Waals surface area contributed by atoms with E-state index in [0.29, 0.717) is 12.3 Å². The summed E-state index contributed by atoms with van der Waals surface area (Å²) in [4.78, 5) is 7.10. The van der Waals surface area contributed by atoms with Gasteiger partial charge in [-0.05, 0) is 50.6 Å². The predicted octanol–water partition coefficient (Wildman–Crippen LogP) is 2.55. The van der Waals surface area contributed by atoms with Crippen molar-refractivity contribution in [1.82, 2.24) is 15.5 Å². The van der Waals surface area contributed by atoms with Crippen molar-refractivity contribution in [1.29, 1.82) is 0 Å². The Hall–Kier alpha value is -1.02.